The summed E-state index contributed by atoms with van der Waals surface area (Å²) in [6, 6.07) is 1.30. The Balaban J connectivity index is 2.88. The van der Waals surface area contributed by atoms with E-state index in [1.165, 1.54) is 19.2 Å². The molecule has 0 saturated heterocycles. The Kier molecular flexibility index (Phi) is 2.43. The molecule has 4 nitrogen and oxygen atoms in total. The van der Waals surface area contributed by atoms with Gasteiger partial charge in [-0.3, -0.25) is 9.59 Å². The zero-order chi connectivity index (χ0) is 8.27. The van der Waals surface area contributed by atoms with Gasteiger partial charge in [0.1, 0.15) is 0 Å². The van der Waals surface area contributed by atoms with Crippen molar-refractivity contribution in [1.29, 1.82) is 0 Å². The molecule has 0 atom stereocenters. The predicted octanol–water partition coefficient (Wildman–Crippen LogP) is 0.408. The van der Waals surface area contributed by atoms with Crippen LogP contribution in [0, 0.1) is 0 Å². The van der Waals surface area contributed by atoms with Gasteiger partial charge in [0, 0.05) is 19.2 Å². The van der Waals surface area contributed by atoms with Gasteiger partial charge in [0.05, 0.1) is 0 Å². The number of hydrogen-bond acceptors (Lipinski definition) is 4. The van der Waals surface area contributed by atoms with E-state index in [1.54, 1.807) is 0 Å². The minimum absolute atomic E-state index is 0.0978. The number of H-pyrrole nitrogens is 1. The molecule has 0 saturated carbocycles. The van der Waals surface area contributed by atoms with Gasteiger partial charge in [0.15, 0.2) is 10.3 Å². The molecule has 0 aliphatic rings. The zero-order valence-electron chi connectivity index (χ0n) is 5.83. The predicted molar refractivity (Wildman–Crippen MR) is 41.4 cm³/mol. The highest BCUT2D eigenvalue weighted by Crippen LogP contribution is 2.09. The smallest absolute Gasteiger partial charge is 0.251 e. The maximum absolute atomic E-state index is 10.7. The fourth-order valence-corrected chi connectivity index (χ4v) is 1.08. The van der Waals surface area contributed by atoms with Crippen LogP contribution < -0.4 is 5.56 Å². The van der Waals surface area contributed by atoms with E-state index in [2.05, 4.69) is 9.97 Å². The third-order valence-electron chi connectivity index (χ3n) is 0.888. The Hall–Kier alpha value is -1.10. The first-order valence-electron chi connectivity index (χ1n) is 2.92. The molecule has 0 aliphatic heterocycles. The molecule has 58 valence electrons. The average molecular weight is 170 g/mol. The van der Waals surface area contributed by atoms with E-state index in [-0.39, 0.29) is 10.7 Å². The van der Waals surface area contributed by atoms with Crippen LogP contribution in [0.1, 0.15) is 6.92 Å². The van der Waals surface area contributed by atoms with Crippen molar-refractivity contribution in [3.63, 3.8) is 0 Å². The van der Waals surface area contributed by atoms with Gasteiger partial charge in [0.2, 0.25) is 0 Å². The lowest BCUT2D eigenvalue weighted by atomic mass is 10.7. The van der Waals surface area contributed by atoms with Crippen LogP contribution in [0.3, 0.4) is 0 Å². The molecule has 1 aromatic heterocycles. The minimum atomic E-state index is -0.247. The number of aromatic amines is 1. The van der Waals surface area contributed by atoms with E-state index in [0.29, 0.717) is 5.16 Å². The fraction of sp³-hybridized carbons (Fsp3) is 0.167. The highest BCUT2D eigenvalue weighted by molar-refractivity contribution is 8.13. The highest BCUT2D eigenvalue weighted by Gasteiger charge is 1.98. The molecular formula is C6H6N2O2S. The first-order chi connectivity index (χ1) is 5.18. The van der Waals surface area contributed by atoms with Gasteiger partial charge in [-0.15, -0.1) is 0 Å². The minimum Gasteiger partial charge on any atom is -0.301 e. The van der Waals surface area contributed by atoms with Gasteiger partial charge in [-0.1, -0.05) is 0 Å². The second-order valence-corrected chi connectivity index (χ2v) is 3.00. The molecule has 0 spiro atoms. The van der Waals surface area contributed by atoms with Crippen molar-refractivity contribution in [2.24, 2.45) is 0 Å². The summed E-state index contributed by atoms with van der Waals surface area (Å²) >= 11 is 0.907. The molecule has 0 amide bonds. The molecule has 1 N–H and O–H groups in total. The van der Waals surface area contributed by atoms with Crippen LogP contribution in [0.5, 0.6) is 0 Å². The Labute approximate surface area is 67.0 Å². The van der Waals surface area contributed by atoms with Crippen molar-refractivity contribution < 1.29 is 4.79 Å². The summed E-state index contributed by atoms with van der Waals surface area (Å²) < 4.78 is 0. The van der Waals surface area contributed by atoms with Crippen molar-refractivity contribution >= 4 is 16.9 Å². The SMILES string of the molecule is CC(=O)Sc1nccc(=O)[nH]1. The molecule has 11 heavy (non-hydrogen) atoms. The van der Waals surface area contributed by atoms with Gasteiger partial charge in [-0.2, -0.15) is 0 Å². The lowest BCUT2D eigenvalue weighted by molar-refractivity contribution is -0.109. The molecule has 1 aromatic rings. The lowest BCUT2D eigenvalue weighted by Gasteiger charge is -1.92. The van der Waals surface area contributed by atoms with Crippen LogP contribution in [0.15, 0.2) is 22.2 Å². The summed E-state index contributed by atoms with van der Waals surface area (Å²) in [4.78, 5) is 27.4. The largest absolute Gasteiger partial charge is 0.301 e. The van der Waals surface area contributed by atoms with E-state index in [1.807, 2.05) is 0 Å². The number of rotatable bonds is 1. The quantitative estimate of drug-likeness (QED) is 0.489. The number of aromatic nitrogens is 2. The number of carbonyl (C=O) groups is 1. The second-order valence-electron chi connectivity index (χ2n) is 1.83. The van der Waals surface area contributed by atoms with Gasteiger partial charge >= 0.3 is 0 Å². The summed E-state index contributed by atoms with van der Waals surface area (Å²) in [5.41, 5.74) is -0.247. The van der Waals surface area contributed by atoms with Crippen molar-refractivity contribution in [2.75, 3.05) is 0 Å². The molecule has 0 unspecified atom stereocenters. The van der Waals surface area contributed by atoms with Crippen molar-refractivity contribution in [2.45, 2.75) is 12.1 Å². The van der Waals surface area contributed by atoms with Crippen LogP contribution in [0.2, 0.25) is 0 Å². The number of hydrogen-bond donors (Lipinski definition) is 1. The second kappa shape index (κ2) is 3.34. The highest BCUT2D eigenvalue weighted by atomic mass is 32.2. The molecule has 0 fully saturated rings. The van der Waals surface area contributed by atoms with E-state index in [0.717, 1.165) is 11.8 Å². The molecule has 0 aromatic carbocycles. The van der Waals surface area contributed by atoms with Crippen LogP contribution >= 0.6 is 11.8 Å². The standard InChI is InChI=1S/C6H6N2O2S/c1-4(9)11-6-7-3-2-5(10)8-6/h2-3H,1H3,(H,7,8,10). The maximum Gasteiger partial charge on any atom is 0.251 e. The first kappa shape index (κ1) is 8.00. The Bertz CT molecular complexity index is 320. The van der Waals surface area contributed by atoms with Crippen molar-refractivity contribution in [1.82, 2.24) is 9.97 Å². The summed E-state index contributed by atoms with van der Waals surface area (Å²) in [5.74, 6) is 0. The van der Waals surface area contributed by atoms with Crippen LogP contribution in [0.4, 0.5) is 0 Å². The summed E-state index contributed by atoms with van der Waals surface area (Å²) in [6.45, 7) is 1.41. The van der Waals surface area contributed by atoms with Gasteiger partial charge < -0.3 is 4.98 Å². The van der Waals surface area contributed by atoms with Gasteiger partial charge in [-0.05, 0) is 11.8 Å². The van der Waals surface area contributed by atoms with E-state index < -0.39 is 0 Å². The third kappa shape index (κ3) is 2.55. The number of thioether (sulfide) groups is 1. The average Bonchev–Trinajstić information content (AvgIpc) is 1.85. The molecular weight excluding hydrogens is 164 g/mol. The Morgan fingerprint density at radius 2 is 2.45 bits per heavy atom. The molecule has 0 bridgehead atoms. The number of carbonyl (C=O) groups excluding carboxylic acids is 1. The van der Waals surface area contributed by atoms with Crippen LogP contribution in [-0.4, -0.2) is 15.1 Å². The normalized spacial score (nSPS) is 9.55. The molecule has 5 heteroatoms. The maximum atomic E-state index is 10.7. The molecule has 1 heterocycles. The summed E-state index contributed by atoms with van der Waals surface area (Å²) in [6.07, 6.45) is 1.37. The van der Waals surface area contributed by atoms with Crippen LogP contribution in [0.25, 0.3) is 0 Å². The Morgan fingerprint density at radius 3 is 3.00 bits per heavy atom. The third-order valence-corrected chi connectivity index (χ3v) is 1.58. The zero-order valence-corrected chi connectivity index (χ0v) is 6.64. The molecule has 0 aliphatic carbocycles. The van der Waals surface area contributed by atoms with Crippen LogP contribution in [-0.2, 0) is 4.79 Å². The summed E-state index contributed by atoms with van der Waals surface area (Å²) in [7, 11) is 0. The number of nitrogens with one attached hydrogen (secondary N) is 1. The van der Waals surface area contributed by atoms with Crippen molar-refractivity contribution in [3.05, 3.63) is 22.6 Å². The van der Waals surface area contributed by atoms with Crippen molar-refractivity contribution in [3.8, 4) is 0 Å². The summed E-state index contributed by atoms with van der Waals surface area (Å²) in [5, 5.41) is 0.240. The fourth-order valence-electron chi connectivity index (χ4n) is 0.540. The van der Waals surface area contributed by atoms with E-state index >= 15 is 0 Å². The van der Waals surface area contributed by atoms with E-state index in [9.17, 15) is 9.59 Å². The number of nitrogens with zero attached hydrogens (tertiary/aromatic N) is 1. The first-order valence-corrected chi connectivity index (χ1v) is 3.74. The Morgan fingerprint density at radius 1 is 1.73 bits per heavy atom. The van der Waals surface area contributed by atoms with Gasteiger partial charge in [-0.25, -0.2) is 4.98 Å². The topological polar surface area (TPSA) is 62.8 Å². The monoisotopic (exact) mass is 170 g/mol. The lowest BCUT2D eigenvalue weighted by Crippen LogP contribution is -2.05. The van der Waals surface area contributed by atoms with Gasteiger partial charge in [0.25, 0.3) is 5.56 Å². The molecule has 0 radical (unpaired) electrons. The van der Waals surface area contributed by atoms with E-state index in [4.69, 9.17) is 0 Å². The molecule has 1 rings (SSSR count).